The van der Waals surface area contributed by atoms with Gasteiger partial charge in [0.15, 0.2) is 0 Å². The second-order valence-electron chi connectivity index (χ2n) is 7.06. The van der Waals surface area contributed by atoms with Crippen molar-refractivity contribution in [3.8, 4) is 11.4 Å². The summed E-state index contributed by atoms with van der Waals surface area (Å²) in [6, 6.07) is 11.4. The van der Waals surface area contributed by atoms with Crippen molar-refractivity contribution in [3.63, 3.8) is 0 Å². The molecule has 2 heterocycles. The minimum Gasteiger partial charge on any atom is -0.324 e. The molecule has 8 heteroatoms. The van der Waals surface area contributed by atoms with Crippen molar-refractivity contribution in [3.05, 3.63) is 47.5 Å². The molecule has 0 bridgehead atoms. The van der Waals surface area contributed by atoms with Crippen molar-refractivity contribution in [1.29, 1.82) is 0 Å². The molecule has 28 heavy (non-hydrogen) atoms. The first-order chi connectivity index (χ1) is 13.6. The van der Waals surface area contributed by atoms with E-state index in [1.54, 1.807) is 11.9 Å². The summed E-state index contributed by atoms with van der Waals surface area (Å²) in [6.45, 7) is 0. The van der Waals surface area contributed by atoms with E-state index in [0.29, 0.717) is 17.2 Å². The molecule has 5 rings (SSSR count). The molecule has 0 radical (unpaired) electrons. The maximum atomic E-state index is 13.0. The average molecular weight is 374 g/mol. The van der Waals surface area contributed by atoms with Crippen molar-refractivity contribution in [2.24, 2.45) is 7.05 Å². The third kappa shape index (κ3) is 2.65. The van der Waals surface area contributed by atoms with E-state index in [0.717, 1.165) is 36.1 Å². The first-order valence-corrected chi connectivity index (χ1v) is 9.22. The maximum Gasteiger partial charge on any atom is 0.241 e. The van der Waals surface area contributed by atoms with E-state index in [2.05, 4.69) is 26.8 Å². The Hall–Kier alpha value is -3.55. The third-order valence-corrected chi connectivity index (χ3v) is 5.20. The highest BCUT2D eigenvalue weighted by Gasteiger charge is 2.31. The van der Waals surface area contributed by atoms with Crippen LogP contribution in [-0.4, -0.2) is 32.0 Å². The molecular formula is C20H18N6O2. The van der Waals surface area contributed by atoms with Gasteiger partial charge in [-0.05, 0) is 53.8 Å². The summed E-state index contributed by atoms with van der Waals surface area (Å²) in [4.78, 5) is 28.3. The number of tetrazole rings is 1. The Bertz CT molecular complexity index is 1120. The number of aromatic nitrogens is 4. The average Bonchev–Trinajstić information content (AvgIpc) is 3.30. The number of hydrogen-bond acceptors (Lipinski definition) is 5. The third-order valence-electron chi connectivity index (χ3n) is 5.20. The molecule has 2 amide bonds. The van der Waals surface area contributed by atoms with Crippen LogP contribution in [0.2, 0.25) is 0 Å². The summed E-state index contributed by atoms with van der Waals surface area (Å²) in [5.41, 5.74) is 5.27. The van der Waals surface area contributed by atoms with Gasteiger partial charge in [0, 0.05) is 11.3 Å². The fourth-order valence-electron chi connectivity index (χ4n) is 3.98. The van der Waals surface area contributed by atoms with E-state index < -0.39 is 0 Å². The van der Waals surface area contributed by atoms with Gasteiger partial charge in [0.25, 0.3) is 0 Å². The molecule has 0 spiro atoms. The largest absolute Gasteiger partial charge is 0.324 e. The number of anilines is 3. The predicted molar refractivity (Wildman–Crippen MR) is 103 cm³/mol. The van der Waals surface area contributed by atoms with Crippen molar-refractivity contribution >= 4 is 28.9 Å². The highest BCUT2D eigenvalue weighted by Crippen LogP contribution is 2.42. The van der Waals surface area contributed by atoms with E-state index in [1.165, 1.54) is 10.4 Å². The molecule has 1 aliphatic carbocycles. The molecule has 0 unspecified atom stereocenters. The number of fused-ring (bicyclic) bond motifs is 3. The van der Waals surface area contributed by atoms with Gasteiger partial charge in [-0.2, -0.15) is 4.80 Å². The molecule has 0 saturated heterocycles. The molecule has 0 saturated carbocycles. The first-order valence-electron chi connectivity index (χ1n) is 9.22. The van der Waals surface area contributed by atoms with Gasteiger partial charge in [0.1, 0.15) is 6.42 Å². The summed E-state index contributed by atoms with van der Waals surface area (Å²) in [6.07, 6.45) is 2.77. The Morgan fingerprint density at radius 2 is 2.00 bits per heavy atom. The molecule has 1 aromatic heterocycles. The van der Waals surface area contributed by atoms with E-state index in [-0.39, 0.29) is 18.2 Å². The minimum atomic E-state index is -0.277. The van der Waals surface area contributed by atoms with E-state index in [1.807, 2.05) is 30.3 Å². The van der Waals surface area contributed by atoms with Crippen LogP contribution in [0.15, 0.2) is 36.4 Å². The SMILES string of the molecule is Cn1nnc(-c2cccc(N3C(=O)CC(=O)Nc4c3ccc3c4CCC3)c2)n1. The van der Waals surface area contributed by atoms with Crippen LogP contribution in [0.1, 0.15) is 24.0 Å². The highest BCUT2D eigenvalue weighted by atomic mass is 16.2. The van der Waals surface area contributed by atoms with Crippen LogP contribution in [-0.2, 0) is 29.5 Å². The van der Waals surface area contributed by atoms with Gasteiger partial charge in [-0.1, -0.05) is 18.2 Å². The zero-order valence-corrected chi connectivity index (χ0v) is 15.3. The minimum absolute atomic E-state index is 0.197. The second kappa shape index (κ2) is 6.26. The van der Waals surface area contributed by atoms with Gasteiger partial charge in [0.05, 0.1) is 18.4 Å². The standard InChI is InChI=1S/C20H18N6O2/c1-25-23-20(22-24-25)13-5-2-6-14(10-13)26-16-9-8-12-4-3-7-15(12)19(16)21-17(27)11-18(26)28/h2,5-6,8-10H,3-4,7,11H2,1H3,(H,21,27). The fourth-order valence-corrected chi connectivity index (χ4v) is 3.98. The number of carbonyl (C=O) groups is 2. The maximum absolute atomic E-state index is 13.0. The Kier molecular flexibility index (Phi) is 3.71. The monoisotopic (exact) mass is 374 g/mol. The molecule has 3 aromatic rings. The highest BCUT2D eigenvalue weighted by molar-refractivity contribution is 6.17. The molecule has 2 aromatic carbocycles. The predicted octanol–water partition coefficient (Wildman–Crippen LogP) is 2.37. The van der Waals surface area contributed by atoms with E-state index in [9.17, 15) is 9.59 Å². The number of nitrogens with zero attached hydrogens (tertiary/aromatic N) is 5. The molecule has 2 aliphatic rings. The Morgan fingerprint density at radius 1 is 1.11 bits per heavy atom. The number of nitrogens with one attached hydrogen (secondary N) is 1. The van der Waals surface area contributed by atoms with Crippen LogP contribution in [0.5, 0.6) is 0 Å². The van der Waals surface area contributed by atoms with Crippen LogP contribution in [0.25, 0.3) is 11.4 Å². The van der Waals surface area contributed by atoms with Crippen LogP contribution in [0, 0.1) is 0 Å². The zero-order chi connectivity index (χ0) is 19.3. The van der Waals surface area contributed by atoms with Gasteiger partial charge in [-0.3, -0.25) is 14.5 Å². The molecule has 0 atom stereocenters. The van der Waals surface area contributed by atoms with Gasteiger partial charge in [-0.15, -0.1) is 10.2 Å². The Labute approximate surface area is 161 Å². The summed E-state index contributed by atoms with van der Waals surface area (Å²) < 4.78 is 0. The molecule has 140 valence electrons. The van der Waals surface area contributed by atoms with Crippen molar-refractivity contribution in [2.45, 2.75) is 25.7 Å². The van der Waals surface area contributed by atoms with Gasteiger partial charge < -0.3 is 5.32 Å². The lowest BCUT2D eigenvalue weighted by atomic mass is 10.0. The summed E-state index contributed by atoms with van der Waals surface area (Å²) in [7, 11) is 1.70. The zero-order valence-electron chi connectivity index (χ0n) is 15.3. The van der Waals surface area contributed by atoms with E-state index in [4.69, 9.17) is 0 Å². The smallest absolute Gasteiger partial charge is 0.241 e. The topological polar surface area (TPSA) is 93.0 Å². The molecule has 0 fully saturated rings. The number of carbonyl (C=O) groups excluding carboxylic acids is 2. The van der Waals surface area contributed by atoms with Crippen molar-refractivity contribution in [1.82, 2.24) is 20.2 Å². The van der Waals surface area contributed by atoms with Crippen LogP contribution in [0.4, 0.5) is 17.1 Å². The van der Waals surface area contributed by atoms with Crippen LogP contribution < -0.4 is 10.2 Å². The lowest BCUT2D eigenvalue weighted by Crippen LogP contribution is -2.26. The summed E-state index contributed by atoms with van der Waals surface area (Å²) >= 11 is 0. The first kappa shape index (κ1) is 16.6. The summed E-state index contributed by atoms with van der Waals surface area (Å²) in [5.74, 6) is -0.0609. The quantitative estimate of drug-likeness (QED) is 0.695. The normalized spacial score (nSPS) is 15.8. The molecule has 1 N–H and O–H groups in total. The van der Waals surface area contributed by atoms with Gasteiger partial charge in [-0.25, -0.2) is 0 Å². The molecule has 1 aliphatic heterocycles. The number of hydrogen-bond donors (Lipinski definition) is 1. The molecular weight excluding hydrogens is 356 g/mol. The Balaban J connectivity index is 1.66. The van der Waals surface area contributed by atoms with E-state index >= 15 is 0 Å². The van der Waals surface area contributed by atoms with Gasteiger partial charge in [0.2, 0.25) is 17.6 Å². The van der Waals surface area contributed by atoms with Crippen molar-refractivity contribution in [2.75, 3.05) is 10.2 Å². The number of benzene rings is 2. The lowest BCUT2D eigenvalue weighted by Gasteiger charge is -2.24. The second-order valence-corrected chi connectivity index (χ2v) is 7.06. The van der Waals surface area contributed by atoms with Crippen LogP contribution in [0.3, 0.4) is 0 Å². The number of amides is 2. The molecule has 8 nitrogen and oxygen atoms in total. The summed E-state index contributed by atoms with van der Waals surface area (Å²) in [5, 5.41) is 15.1. The number of aryl methyl sites for hydroxylation is 2. The number of rotatable bonds is 2. The lowest BCUT2D eigenvalue weighted by molar-refractivity contribution is -0.124. The fraction of sp³-hybridized carbons (Fsp3) is 0.250. The van der Waals surface area contributed by atoms with Crippen molar-refractivity contribution < 1.29 is 9.59 Å². The van der Waals surface area contributed by atoms with Gasteiger partial charge >= 0.3 is 0 Å². The van der Waals surface area contributed by atoms with Crippen LogP contribution >= 0.6 is 0 Å². The Morgan fingerprint density at radius 3 is 2.82 bits per heavy atom.